The van der Waals surface area contributed by atoms with E-state index in [1.807, 2.05) is 6.92 Å². The third kappa shape index (κ3) is 4.14. The number of benzene rings is 2. The summed E-state index contributed by atoms with van der Waals surface area (Å²) in [5, 5.41) is 18.7. The lowest BCUT2D eigenvalue weighted by Crippen LogP contribution is -2.05. The number of sulfone groups is 1. The second kappa shape index (κ2) is 7.18. The lowest BCUT2D eigenvalue weighted by Gasteiger charge is -2.06. The first kappa shape index (κ1) is 17.6. The summed E-state index contributed by atoms with van der Waals surface area (Å²) in [5.41, 5.74) is 0.662. The molecule has 0 bridgehead atoms. The van der Waals surface area contributed by atoms with Crippen molar-refractivity contribution in [1.82, 2.24) is 0 Å². The van der Waals surface area contributed by atoms with Crippen molar-refractivity contribution in [2.24, 2.45) is 0 Å². The Kier molecular flexibility index (Phi) is 5.25. The Morgan fingerprint density at radius 2 is 1.83 bits per heavy atom. The smallest absolute Gasteiger partial charge is 0.339 e. The van der Waals surface area contributed by atoms with E-state index < -0.39 is 21.6 Å². The second-order valence-corrected chi connectivity index (χ2v) is 7.08. The van der Waals surface area contributed by atoms with Crippen LogP contribution < -0.4 is 4.74 Å². The van der Waals surface area contributed by atoms with Crippen molar-refractivity contribution in [1.29, 1.82) is 0 Å². The molecule has 2 N–H and O–H groups in total. The van der Waals surface area contributed by atoms with Gasteiger partial charge in [0, 0.05) is 0 Å². The predicted octanol–water partition coefficient (Wildman–Crippen LogP) is 2.77. The van der Waals surface area contributed by atoms with Crippen LogP contribution in [-0.4, -0.2) is 30.4 Å². The summed E-state index contributed by atoms with van der Waals surface area (Å²) < 4.78 is 29.4. The maximum Gasteiger partial charge on any atom is 0.339 e. The van der Waals surface area contributed by atoms with Crippen molar-refractivity contribution in [2.45, 2.75) is 11.8 Å². The monoisotopic (exact) mass is 348 g/mol. The average Bonchev–Trinajstić information content (AvgIpc) is 2.53. The van der Waals surface area contributed by atoms with Gasteiger partial charge in [-0.2, -0.15) is 0 Å². The number of phenols is 1. The fraction of sp³-hybridized carbons (Fsp3) is 0.118. The van der Waals surface area contributed by atoms with Gasteiger partial charge in [-0.05, 0) is 37.3 Å². The number of rotatable bonds is 6. The van der Waals surface area contributed by atoms with E-state index in [1.54, 1.807) is 12.1 Å². The van der Waals surface area contributed by atoms with Crippen LogP contribution in [0.4, 0.5) is 0 Å². The molecule has 0 aromatic heterocycles. The molecular formula is C17H16O6S. The summed E-state index contributed by atoms with van der Waals surface area (Å²) >= 11 is 0. The molecule has 0 saturated carbocycles. The van der Waals surface area contributed by atoms with Crippen molar-refractivity contribution in [3.8, 4) is 11.5 Å². The number of para-hydroxylation sites is 1. The van der Waals surface area contributed by atoms with Gasteiger partial charge in [-0.25, -0.2) is 13.2 Å². The van der Waals surface area contributed by atoms with Crippen LogP contribution in [0, 0.1) is 6.92 Å². The number of aromatic carboxylic acids is 1. The molecule has 0 radical (unpaired) electrons. The zero-order valence-corrected chi connectivity index (χ0v) is 13.7. The fourth-order valence-electron chi connectivity index (χ4n) is 1.92. The number of hydrogen-bond donors (Lipinski definition) is 2. The van der Waals surface area contributed by atoms with Crippen LogP contribution in [0.15, 0.2) is 59.7 Å². The first-order valence-corrected chi connectivity index (χ1v) is 8.63. The largest absolute Gasteiger partial charge is 0.504 e. The molecule has 126 valence electrons. The normalized spacial score (nSPS) is 11.5. The highest BCUT2D eigenvalue weighted by molar-refractivity contribution is 7.91. The molecule has 2 rings (SSSR count). The average molecular weight is 348 g/mol. The SMILES string of the molecule is Cc1ccc(S(=O)(=O)C/C=C\Oc2cccc(C(=O)O)c2O)cc1. The van der Waals surface area contributed by atoms with Crippen LogP contribution in [0.2, 0.25) is 0 Å². The molecule has 6 nitrogen and oxygen atoms in total. The van der Waals surface area contributed by atoms with Crippen LogP contribution in [0.1, 0.15) is 15.9 Å². The lowest BCUT2D eigenvalue weighted by molar-refractivity contribution is 0.0693. The van der Waals surface area contributed by atoms with Gasteiger partial charge in [0.05, 0.1) is 16.9 Å². The fourth-order valence-corrected chi connectivity index (χ4v) is 2.99. The minimum Gasteiger partial charge on any atom is -0.504 e. The van der Waals surface area contributed by atoms with Gasteiger partial charge in [-0.3, -0.25) is 0 Å². The van der Waals surface area contributed by atoms with E-state index in [2.05, 4.69) is 0 Å². The van der Waals surface area contributed by atoms with Gasteiger partial charge >= 0.3 is 5.97 Å². The molecule has 24 heavy (non-hydrogen) atoms. The molecule has 0 fully saturated rings. The van der Waals surface area contributed by atoms with E-state index in [1.165, 1.54) is 36.4 Å². The first-order chi connectivity index (χ1) is 11.3. The number of carbonyl (C=O) groups is 1. The van der Waals surface area contributed by atoms with Crippen molar-refractivity contribution in [2.75, 3.05) is 5.75 Å². The number of aromatic hydroxyl groups is 1. The van der Waals surface area contributed by atoms with Crippen LogP contribution in [0.5, 0.6) is 11.5 Å². The van der Waals surface area contributed by atoms with E-state index in [4.69, 9.17) is 9.84 Å². The zero-order valence-electron chi connectivity index (χ0n) is 12.8. The molecule has 0 amide bonds. The maximum absolute atomic E-state index is 12.1. The van der Waals surface area contributed by atoms with E-state index in [-0.39, 0.29) is 22.0 Å². The summed E-state index contributed by atoms with van der Waals surface area (Å²) in [4.78, 5) is 11.1. The third-order valence-corrected chi connectivity index (χ3v) is 4.84. The molecule has 0 heterocycles. The number of carboxylic acids is 1. The molecule has 2 aromatic carbocycles. The van der Waals surface area contributed by atoms with E-state index in [0.29, 0.717) is 0 Å². The molecule has 0 spiro atoms. The van der Waals surface area contributed by atoms with Crippen molar-refractivity contribution < 1.29 is 28.2 Å². The molecule has 7 heteroatoms. The van der Waals surface area contributed by atoms with Crippen molar-refractivity contribution in [3.05, 3.63) is 65.9 Å². The molecule has 0 unspecified atom stereocenters. The Morgan fingerprint density at radius 1 is 1.17 bits per heavy atom. The highest BCUT2D eigenvalue weighted by Crippen LogP contribution is 2.29. The Labute approximate surface area is 139 Å². The Bertz CT molecular complexity index is 866. The maximum atomic E-state index is 12.1. The standard InChI is InChI=1S/C17H16O6S/c1-12-6-8-13(9-7-12)24(21,22)11-3-10-23-15-5-2-4-14(16(15)18)17(19)20/h2-10,18H,11H2,1H3,(H,19,20)/b10-3-. The van der Waals surface area contributed by atoms with Crippen LogP contribution in [-0.2, 0) is 9.84 Å². The van der Waals surface area contributed by atoms with Gasteiger partial charge in [-0.15, -0.1) is 0 Å². The summed E-state index contributed by atoms with van der Waals surface area (Å²) in [6, 6.07) is 10.5. The third-order valence-electron chi connectivity index (χ3n) is 3.22. The van der Waals surface area contributed by atoms with Gasteiger partial charge in [0.2, 0.25) is 0 Å². The van der Waals surface area contributed by atoms with E-state index >= 15 is 0 Å². The van der Waals surface area contributed by atoms with Gasteiger partial charge < -0.3 is 14.9 Å². The van der Waals surface area contributed by atoms with Gasteiger partial charge in [0.15, 0.2) is 21.3 Å². The molecule has 0 saturated heterocycles. The number of aryl methyl sites for hydroxylation is 1. The number of ether oxygens (including phenoxy) is 1. The van der Waals surface area contributed by atoms with Crippen LogP contribution in [0.3, 0.4) is 0 Å². The Morgan fingerprint density at radius 3 is 2.46 bits per heavy atom. The number of carboxylic acid groups (broad SMARTS) is 1. The highest BCUT2D eigenvalue weighted by atomic mass is 32.2. The van der Waals surface area contributed by atoms with Crippen LogP contribution in [0.25, 0.3) is 0 Å². The molecule has 0 aliphatic heterocycles. The van der Waals surface area contributed by atoms with Crippen molar-refractivity contribution >= 4 is 15.8 Å². The number of hydrogen-bond acceptors (Lipinski definition) is 5. The zero-order chi connectivity index (χ0) is 17.7. The summed E-state index contributed by atoms with van der Waals surface area (Å²) in [7, 11) is -3.49. The molecule has 0 atom stereocenters. The van der Waals surface area contributed by atoms with Crippen molar-refractivity contribution in [3.63, 3.8) is 0 Å². The lowest BCUT2D eigenvalue weighted by atomic mass is 10.2. The molecular weight excluding hydrogens is 332 g/mol. The molecule has 0 aliphatic rings. The molecule has 0 aliphatic carbocycles. The summed E-state index contributed by atoms with van der Waals surface area (Å²) in [5.74, 6) is -2.16. The minimum atomic E-state index is -3.49. The van der Waals surface area contributed by atoms with Gasteiger partial charge in [-0.1, -0.05) is 23.8 Å². The van der Waals surface area contributed by atoms with Crippen LogP contribution >= 0.6 is 0 Å². The van der Waals surface area contributed by atoms with E-state index in [9.17, 15) is 18.3 Å². The van der Waals surface area contributed by atoms with Gasteiger partial charge in [0.25, 0.3) is 0 Å². The Hall–Kier alpha value is -2.80. The molecule has 2 aromatic rings. The Balaban J connectivity index is 2.06. The van der Waals surface area contributed by atoms with Gasteiger partial charge in [0.1, 0.15) is 5.56 Å². The quantitative estimate of drug-likeness (QED) is 0.779. The summed E-state index contributed by atoms with van der Waals surface area (Å²) in [6.45, 7) is 1.86. The first-order valence-electron chi connectivity index (χ1n) is 6.97. The highest BCUT2D eigenvalue weighted by Gasteiger charge is 2.14. The van der Waals surface area contributed by atoms with E-state index in [0.717, 1.165) is 11.8 Å². The summed E-state index contributed by atoms with van der Waals surface area (Å²) in [6.07, 6.45) is 2.38. The topological polar surface area (TPSA) is 101 Å². The minimum absolute atomic E-state index is 0.0705. The second-order valence-electron chi connectivity index (χ2n) is 5.04. The predicted molar refractivity (Wildman–Crippen MR) is 88.1 cm³/mol.